The van der Waals surface area contributed by atoms with Crippen LogP contribution in [0.5, 0.6) is 0 Å². The molecule has 2 heterocycles. The zero-order chi connectivity index (χ0) is 22.5. The summed E-state index contributed by atoms with van der Waals surface area (Å²) >= 11 is 2.58. The number of rotatable bonds is 8. The van der Waals surface area contributed by atoms with Crippen molar-refractivity contribution in [3.8, 4) is 0 Å². The maximum absolute atomic E-state index is 11.7. The van der Waals surface area contributed by atoms with Gasteiger partial charge in [-0.15, -0.1) is 11.3 Å². The van der Waals surface area contributed by atoms with Crippen LogP contribution in [-0.2, 0) is 4.79 Å². The number of fused-ring (bicyclic) bond motifs is 1. The van der Waals surface area contributed by atoms with Gasteiger partial charge in [0.1, 0.15) is 5.01 Å². The second kappa shape index (κ2) is 9.67. The Balaban J connectivity index is 1.72. The molecule has 0 saturated carbocycles. The van der Waals surface area contributed by atoms with Crippen molar-refractivity contribution in [2.75, 3.05) is 0 Å². The molecule has 0 aliphatic rings. The summed E-state index contributed by atoms with van der Waals surface area (Å²) in [7, 11) is 0. The lowest BCUT2D eigenvalue weighted by Crippen LogP contribution is -1.96. The first-order chi connectivity index (χ1) is 15.5. The zero-order valence-corrected chi connectivity index (χ0v) is 18.2. The Bertz CT molecular complexity index is 1290. The van der Waals surface area contributed by atoms with Crippen molar-refractivity contribution in [3.63, 3.8) is 0 Å². The second-order valence-electron chi connectivity index (χ2n) is 6.67. The molecule has 0 aliphatic heterocycles. The second-order valence-corrected chi connectivity index (χ2v) is 8.71. The van der Waals surface area contributed by atoms with Crippen molar-refractivity contribution in [2.24, 2.45) is 0 Å². The number of nitro benzene ring substituents is 1. The predicted octanol–water partition coefficient (Wildman–Crippen LogP) is 5.55. The molecule has 0 fully saturated rings. The number of aromatic nitrogens is 3. The van der Waals surface area contributed by atoms with Gasteiger partial charge in [0, 0.05) is 24.9 Å². The van der Waals surface area contributed by atoms with Crippen LogP contribution in [0, 0.1) is 10.1 Å². The number of allylic oxidation sites excluding steroid dienone is 1. The van der Waals surface area contributed by atoms with Crippen LogP contribution >= 0.6 is 23.1 Å². The van der Waals surface area contributed by atoms with Gasteiger partial charge in [0.05, 0.1) is 20.0 Å². The summed E-state index contributed by atoms with van der Waals surface area (Å²) < 4.78 is 0.990. The highest BCUT2D eigenvalue weighted by Gasteiger charge is 2.18. The van der Waals surface area contributed by atoms with Crippen LogP contribution in [0.15, 0.2) is 71.0 Å². The number of hydrogen-bond acceptors (Lipinski definition) is 8. The maximum atomic E-state index is 11.7. The van der Waals surface area contributed by atoms with Crippen LogP contribution in [-0.4, -0.2) is 31.0 Å². The summed E-state index contributed by atoms with van der Waals surface area (Å²) in [4.78, 5) is 35.7. The minimum absolute atomic E-state index is 0.0663. The maximum Gasteiger partial charge on any atom is 0.303 e. The predicted molar refractivity (Wildman–Crippen MR) is 124 cm³/mol. The van der Waals surface area contributed by atoms with E-state index in [1.165, 1.54) is 17.4 Å². The van der Waals surface area contributed by atoms with Gasteiger partial charge in [-0.25, -0.2) is 15.0 Å². The van der Waals surface area contributed by atoms with Crippen LogP contribution in [0.1, 0.15) is 23.4 Å². The Morgan fingerprint density at radius 2 is 1.91 bits per heavy atom. The third-order valence-electron chi connectivity index (χ3n) is 4.44. The molecule has 2 aromatic heterocycles. The van der Waals surface area contributed by atoms with E-state index in [-0.39, 0.29) is 18.5 Å². The molecule has 1 N–H and O–H groups in total. The molecule has 0 atom stereocenters. The van der Waals surface area contributed by atoms with Crippen molar-refractivity contribution in [2.45, 2.75) is 22.9 Å². The summed E-state index contributed by atoms with van der Waals surface area (Å²) in [6.07, 6.45) is 5.11. The fraction of sp³-hybridized carbons (Fsp3) is 0.0909. The molecule has 4 aromatic rings. The normalized spacial score (nSPS) is 11.6. The van der Waals surface area contributed by atoms with Crippen molar-refractivity contribution in [3.05, 3.63) is 81.6 Å². The van der Waals surface area contributed by atoms with E-state index in [1.54, 1.807) is 36.7 Å². The monoisotopic (exact) mass is 464 g/mol. The summed E-state index contributed by atoms with van der Waals surface area (Å²) in [6.45, 7) is 0. The van der Waals surface area contributed by atoms with Crippen LogP contribution in [0.2, 0.25) is 0 Å². The van der Waals surface area contributed by atoms with E-state index in [9.17, 15) is 14.9 Å². The first-order valence-electron chi connectivity index (χ1n) is 9.51. The number of nitrogens with zero attached hydrogens (tertiary/aromatic N) is 4. The number of carbonyl (C=O) groups is 1. The van der Waals surface area contributed by atoms with Gasteiger partial charge < -0.3 is 5.11 Å². The fourth-order valence-corrected chi connectivity index (χ4v) is 4.79. The minimum atomic E-state index is -0.919. The molecular formula is C22H16N4O4S2. The summed E-state index contributed by atoms with van der Waals surface area (Å²) in [6, 6.07) is 14.2. The molecule has 0 spiro atoms. The molecule has 0 amide bonds. The van der Waals surface area contributed by atoms with Crippen LogP contribution in [0.25, 0.3) is 21.9 Å². The Hall–Kier alpha value is -3.63. The zero-order valence-electron chi connectivity index (χ0n) is 16.5. The number of thiazole rings is 1. The number of para-hydroxylation sites is 1. The molecule has 0 radical (unpaired) electrons. The molecule has 32 heavy (non-hydrogen) atoms. The number of carboxylic acids is 1. The highest BCUT2D eigenvalue weighted by molar-refractivity contribution is 7.99. The van der Waals surface area contributed by atoms with Crippen LogP contribution < -0.4 is 0 Å². The fourth-order valence-electron chi connectivity index (χ4n) is 2.98. The van der Waals surface area contributed by atoms with E-state index in [2.05, 4.69) is 15.0 Å². The molecular weight excluding hydrogens is 448 g/mol. The van der Waals surface area contributed by atoms with Crippen molar-refractivity contribution in [1.29, 1.82) is 0 Å². The van der Waals surface area contributed by atoms with Crippen LogP contribution in [0.3, 0.4) is 0 Å². The molecule has 0 saturated heterocycles. The van der Waals surface area contributed by atoms with E-state index in [0.717, 1.165) is 27.6 Å². The van der Waals surface area contributed by atoms with Gasteiger partial charge >= 0.3 is 5.97 Å². The van der Waals surface area contributed by atoms with E-state index >= 15 is 0 Å². The smallest absolute Gasteiger partial charge is 0.303 e. The third kappa shape index (κ3) is 5.16. The van der Waals surface area contributed by atoms with Crippen molar-refractivity contribution < 1.29 is 14.8 Å². The van der Waals surface area contributed by atoms with E-state index in [1.807, 2.05) is 24.3 Å². The first-order valence-corrected chi connectivity index (χ1v) is 11.1. The van der Waals surface area contributed by atoms with Gasteiger partial charge in [0.25, 0.3) is 5.69 Å². The average molecular weight is 465 g/mol. The Morgan fingerprint density at radius 3 is 2.62 bits per heavy atom. The first kappa shape index (κ1) is 21.6. The van der Waals surface area contributed by atoms with E-state index in [0.29, 0.717) is 20.6 Å². The largest absolute Gasteiger partial charge is 0.481 e. The van der Waals surface area contributed by atoms with Gasteiger partial charge in [-0.3, -0.25) is 14.9 Å². The van der Waals surface area contributed by atoms with Crippen LogP contribution in [0.4, 0.5) is 5.69 Å². The standard InChI is InChI=1S/C22H16N4O4S2/c27-20(28)9-7-15(21-25-16-4-1-2-5-18(16)31-21)12-14-6-8-19(17(13-14)26(29)30)32-22-23-10-3-11-24-22/h1-6,8,10-13H,7,9H2,(H,27,28)/b15-12+. The number of benzene rings is 2. The Morgan fingerprint density at radius 1 is 1.12 bits per heavy atom. The molecule has 0 aliphatic carbocycles. The number of aliphatic carboxylic acids is 1. The Kier molecular flexibility index (Phi) is 6.52. The summed E-state index contributed by atoms with van der Waals surface area (Å²) in [5.74, 6) is -0.919. The van der Waals surface area contributed by atoms with Gasteiger partial charge in [-0.1, -0.05) is 18.2 Å². The minimum Gasteiger partial charge on any atom is -0.481 e. The third-order valence-corrected chi connectivity index (χ3v) is 6.51. The lowest BCUT2D eigenvalue weighted by Gasteiger charge is -2.06. The highest BCUT2D eigenvalue weighted by Crippen LogP contribution is 2.35. The van der Waals surface area contributed by atoms with Gasteiger partial charge in [-0.2, -0.15) is 0 Å². The average Bonchev–Trinajstić information content (AvgIpc) is 3.22. The van der Waals surface area contributed by atoms with E-state index in [4.69, 9.17) is 5.11 Å². The van der Waals surface area contributed by atoms with E-state index < -0.39 is 10.9 Å². The molecule has 2 aromatic carbocycles. The summed E-state index contributed by atoms with van der Waals surface area (Å²) in [5.41, 5.74) is 2.07. The highest BCUT2D eigenvalue weighted by atomic mass is 32.2. The van der Waals surface area contributed by atoms with Gasteiger partial charge in [0.15, 0.2) is 5.16 Å². The number of carboxylic acid groups (broad SMARTS) is 1. The summed E-state index contributed by atoms with van der Waals surface area (Å²) in [5, 5.41) is 22.0. The lowest BCUT2D eigenvalue weighted by atomic mass is 10.1. The van der Waals surface area contributed by atoms with Crippen molar-refractivity contribution >= 4 is 56.6 Å². The topological polar surface area (TPSA) is 119 Å². The van der Waals surface area contributed by atoms with Gasteiger partial charge in [-0.05, 0) is 59.7 Å². The SMILES string of the molecule is O=C(O)CC/C(=C\c1ccc(Sc2ncccn2)c([N+](=O)[O-])c1)c1nc2ccccc2s1. The quantitative estimate of drug-likeness (QED) is 0.205. The van der Waals surface area contributed by atoms with Crippen molar-refractivity contribution in [1.82, 2.24) is 15.0 Å². The van der Waals surface area contributed by atoms with Gasteiger partial charge in [0.2, 0.25) is 0 Å². The number of hydrogen-bond donors (Lipinski definition) is 1. The molecule has 4 rings (SSSR count). The molecule has 0 unspecified atom stereocenters. The molecule has 8 nitrogen and oxygen atoms in total. The molecule has 0 bridgehead atoms. The molecule has 10 heteroatoms. The Labute approximate surface area is 190 Å². The lowest BCUT2D eigenvalue weighted by molar-refractivity contribution is -0.387. The number of nitro groups is 1. The molecule has 160 valence electrons.